The molecule has 1 aliphatic rings. The van der Waals surface area contributed by atoms with E-state index in [0.717, 1.165) is 22.2 Å². The van der Waals surface area contributed by atoms with Crippen LogP contribution in [0.4, 0.5) is 5.69 Å². The van der Waals surface area contributed by atoms with Crippen molar-refractivity contribution in [2.45, 2.75) is 18.6 Å². The number of aliphatic hydroxyl groups excluding tert-OH is 1. The van der Waals surface area contributed by atoms with Crippen LogP contribution in [0.25, 0.3) is 0 Å². The Labute approximate surface area is 139 Å². The molecule has 1 amide bonds. The lowest BCUT2D eigenvalue weighted by atomic mass is 10.2. The molecule has 0 bridgehead atoms. The predicted molar refractivity (Wildman–Crippen MR) is 92.3 cm³/mol. The molecule has 1 aromatic rings. The topological polar surface area (TPSA) is 55.8 Å². The fourth-order valence-electron chi connectivity index (χ4n) is 2.71. The fourth-order valence-corrected chi connectivity index (χ4v) is 3.26. The molecular formula is C15H22IN3O2. The summed E-state index contributed by atoms with van der Waals surface area (Å²) in [6.45, 7) is 1.74. The number of benzene rings is 1. The lowest BCUT2D eigenvalue weighted by Crippen LogP contribution is -2.41. The summed E-state index contributed by atoms with van der Waals surface area (Å²) >= 11 is 2.22. The maximum absolute atomic E-state index is 12.2. The minimum atomic E-state index is -0.333. The van der Waals surface area contributed by atoms with Crippen molar-refractivity contribution >= 4 is 34.2 Å². The lowest BCUT2D eigenvalue weighted by Gasteiger charge is -2.26. The van der Waals surface area contributed by atoms with Gasteiger partial charge in [0.1, 0.15) is 0 Å². The van der Waals surface area contributed by atoms with Crippen molar-refractivity contribution in [2.24, 2.45) is 0 Å². The monoisotopic (exact) mass is 403 g/mol. The van der Waals surface area contributed by atoms with Gasteiger partial charge in [0.25, 0.3) is 0 Å². The van der Waals surface area contributed by atoms with Crippen molar-refractivity contribution in [1.82, 2.24) is 9.80 Å². The van der Waals surface area contributed by atoms with Crippen molar-refractivity contribution in [1.29, 1.82) is 0 Å². The first-order valence-electron chi connectivity index (χ1n) is 7.06. The maximum atomic E-state index is 12.2. The Bertz CT molecular complexity index is 496. The van der Waals surface area contributed by atoms with E-state index in [-0.39, 0.29) is 18.1 Å². The van der Waals surface area contributed by atoms with E-state index in [1.54, 1.807) is 0 Å². The van der Waals surface area contributed by atoms with Gasteiger partial charge in [-0.05, 0) is 61.3 Å². The second kappa shape index (κ2) is 7.53. The van der Waals surface area contributed by atoms with Gasteiger partial charge in [-0.2, -0.15) is 0 Å². The van der Waals surface area contributed by atoms with E-state index in [9.17, 15) is 9.90 Å². The van der Waals surface area contributed by atoms with E-state index in [0.29, 0.717) is 13.1 Å². The molecule has 2 N–H and O–H groups in total. The number of hydrogen-bond donors (Lipinski definition) is 2. The van der Waals surface area contributed by atoms with E-state index >= 15 is 0 Å². The van der Waals surface area contributed by atoms with Crippen LogP contribution in [0.15, 0.2) is 24.3 Å². The minimum absolute atomic E-state index is 0.0325. The van der Waals surface area contributed by atoms with Crippen LogP contribution in [-0.2, 0) is 4.79 Å². The molecule has 0 radical (unpaired) electrons. The van der Waals surface area contributed by atoms with Crippen molar-refractivity contribution in [2.75, 3.05) is 39.0 Å². The van der Waals surface area contributed by atoms with E-state index in [1.165, 1.54) is 0 Å². The number of amides is 1. The number of rotatable bonds is 5. The van der Waals surface area contributed by atoms with Gasteiger partial charge in [-0.15, -0.1) is 0 Å². The second-order valence-corrected chi connectivity index (χ2v) is 7.04. The molecule has 5 nitrogen and oxygen atoms in total. The Morgan fingerprint density at radius 1 is 1.52 bits per heavy atom. The van der Waals surface area contributed by atoms with Crippen LogP contribution in [0.1, 0.15) is 6.42 Å². The number of likely N-dealkylation sites (tertiary alicyclic amines) is 1. The minimum Gasteiger partial charge on any atom is -0.392 e. The molecule has 1 saturated heterocycles. The zero-order chi connectivity index (χ0) is 15.4. The molecule has 1 aromatic carbocycles. The number of hydrogen-bond acceptors (Lipinski definition) is 4. The number of aliphatic hydroxyl groups is 1. The van der Waals surface area contributed by atoms with Crippen molar-refractivity contribution in [3.05, 3.63) is 27.8 Å². The number of nitrogens with zero attached hydrogens (tertiary/aromatic N) is 2. The normalized spacial score (nSPS) is 22.7. The molecule has 0 aliphatic carbocycles. The summed E-state index contributed by atoms with van der Waals surface area (Å²) in [5, 5.41) is 12.7. The molecule has 1 heterocycles. The second-order valence-electron chi connectivity index (χ2n) is 5.79. The number of likely N-dealkylation sites (N-methyl/N-ethyl adjacent to an activating group) is 1. The first kappa shape index (κ1) is 16.7. The molecule has 2 rings (SSSR count). The van der Waals surface area contributed by atoms with Gasteiger partial charge in [0.05, 0.1) is 12.6 Å². The molecule has 6 heteroatoms. The number of carbonyl (C=O) groups excluding carboxylic acids is 1. The van der Waals surface area contributed by atoms with Crippen LogP contribution in [-0.4, -0.2) is 66.7 Å². The molecule has 1 aliphatic heterocycles. The van der Waals surface area contributed by atoms with Crippen molar-refractivity contribution < 1.29 is 9.90 Å². The predicted octanol–water partition coefficient (Wildman–Crippen LogP) is 1.23. The van der Waals surface area contributed by atoms with E-state index in [1.807, 2.05) is 38.4 Å². The van der Waals surface area contributed by atoms with Crippen LogP contribution < -0.4 is 5.32 Å². The first-order valence-corrected chi connectivity index (χ1v) is 8.14. The van der Waals surface area contributed by atoms with Crippen LogP contribution >= 0.6 is 22.6 Å². The maximum Gasteiger partial charge on any atom is 0.238 e. The third-order valence-electron chi connectivity index (χ3n) is 3.54. The van der Waals surface area contributed by atoms with Crippen LogP contribution in [0.3, 0.4) is 0 Å². The van der Waals surface area contributed by atoms with Crippen molar-refractivity contribution in [3.63, 3.8) is 0 Å². The lowest BCUT2D eigenvalue weighted by molar-refractivity contribution is -0.117. The van der Waals surface area contributed by atoms with E-state index in [4.69, 9.17) is 0 Å². The molecular weight excluding hydrogens is 381 g/mol. The third kappa shape index (κ3) is 5.21. The average molecular weight is 403 g/mol. The molecule has 116 valence electrons. The smallest absolute Gasteiger partial charge is 0.238 e. The van der Waals surface area contributed by atoms with E-state index in [2.05, 4.69) is 37.7 Å². The van der Waals surface area contributed by atoms with Crippen LogP contribution in [0.2, 0.25) is 0 Å². The van der Waals surface area contributed by atoms with Crippen LogP contribution in [0.5, 0.6) is 0 Å². The van der Waals surface area contributed by atoms with Crippen molar-refractivity contribution in [3.8, 4) is 0 Å². The summed E-state index contributed by atoms with van der Waals surface area (Å²) in [4.78, 5) is 16.3. The highest BCUT2D eigenvalue weighted by molar-refractivity contribution is 14.1. The Morgan fingerprint density at radius 2 is 2.29 bits per heavy atom. The summed E-state index contributed by atoms with van der Waals surface area (Å²) in [5.41, 5.74) is 0.816. The summed E-state index contributed by atoms with van der Waals surface area (Å²) in [6.07, 6.45) is 0.398. The number of anilines is 1. The number of halogens is 1. The zero-order valence-electron chi connectivity index (χ0n) is 12.4. The zero-order valence-corrected chi connectivity index (χ0v) is 14.6. The standard InChI is InChI=1S/C15H22IN3O2/c1-18(2)8-13-7-14(20)9-19(13)10-15(21)17-12-5-3-4-11(16)6-12/h3-6,13-14,20H,7-10H2,1-2H3,(H,17,21). The molecule has 0 spiro atoms. The molecule has 21 heavy (non-hydrogen) atoms. The summed E-state index contributed by atoms with van der Waals surface area (Å²) < 4.78 is 1.09. The molecule has 0 aromatic heterocycles. The van der Waals surface area contributed by atoms with E-state index < -0.39 is 0 Å². The highest BCUT2D eigenvalue weighted by Gasteiger charge is 2.32. The first-order chi connectivity index (χ1) is 9.94. The third-order valence-corrected chi connectivity index (χ3v) is 4.21. The Balaban J connectivity index is 1.91. The van der Waals surface area contributed by atoms with Gasteiger partial charge < -0.3 is 15.3 Å². The highest BCUT2D eigenvalue weighted by Crippen LogP contribution is 2.18. The van der Waals surface area contributed by atoms with Gasteiger partial charge in [-0.25, -0.2) is 0 Å². The Morgan fingerprint density at radius 3 is 2.95 bits per heavy atom. The quantitative estimate of drug-likeness (QED) is 0.727. The van der Waals surface area contributed by atoms with Gasteiger partial charge in [-0.3, -0.25) is 9.69 Å². The van der Waals surface area contributed by atoms with Gasteiger partial charge in [0.15, 0.2) is 0 Å². The molecule has 1 fully saturated rings. The molecule has 2 unspecified atom stereocenters. The Hall–Kier alpha value is -0.700. The molecule has 2 atom stereocenters. The highest BCUT2D eigenvalue weighted by atomic mass is 127. The van der Waals surface area contributed by atoms with Gasteiger partial charge >= 0.3 is 0 Å². The van der Waals surface area contributed by atoms with Crippen LogP contribution in [0, 0.1) is 3.57 Å². The SMILES string of the molecule is CN(C)CC1CC(O)CN1CC(=O)Nc1cccc(I)c1. The summed E-state index contributed by atoms with van der Waals surface area (Å²) in [6, 6.07) is 7.97. The largest absolute Gasteiger partial charge is 0.392 e. The number of nitrogens with one attached hydrogen (secondary N) is 1. The summed E-state index contributed by atoms with van der Waals surface area (Å²) in [5.74, 6) is -0.0325. The number of β-amino-alcohol motifs (C(OH)–C–C–N with tert-alkyl or cyclic N) is 1. The summed E-state index contributed by atoms with van der Waals surface area (Å²) in [7, 11) is 4.02. The average Bonchev–Trinajstić information content (AvgIpc) is 2.68. The Kier molecular flexibility index (Phi) is 5.98. The number of carbonyl (C=O) groups is 1. The van der Waals surface area contributed by atoms with Gasteiger partial charge in [0.2, 0.25) is 5.91 Å². The van der Waals surface area contributed by atoms with Gasteiger partial charge in [0, 0.05) is 28.4 Å². The van der Waals surface area contributed by atoms with Gasteiger partial charge in [-0.1, -0.05) is 6.07 Å². The fraction of sp³-hybridized carbons (Fsp3) is 0.533. The molecule has 0 saturated carbocycles.